The number of hydrogen-bond acceptors (Lipinski definition) is 4. The highest BCUT2D eigenvalue weighted by atomic mass is 15.3. The third-order valence-corrected chi connectivity index (χ3v) is 2.98. The van der Waals surface area contributed by atoms with Gasteiger partial charge in [-0.25, -0.2) is 0 Å². The molecule has 0 aliphatic carbocycles. The summed E-state index contributed by atoms with van der Waals surface area (Å²) in [5.74, 6) is 0.907. The lowest BCUT2D eigenvalue weighted by Gasteiger charge is -2.23. The lowest BCUT2D eigenvalue weighted by Crippen LogP contribution is -2.33. The molecule has 1 atom stereocenters. The second-order valence-electron chi connectivity index (χ2n) is 3.95. The molecule has 2 aromatic rings. The Bertz CT molecular complexity index is 458. The van der Waals surface area contributed by atoms with Crippen molar-refractivity contribution in [3.63, 3.8) is 0 Å². The molecule has 0 saturated heterocycles. The van der Waals surface area contributed by atoms with Crippen LogP contribution in [0.15, 0.2) is 18.6 Å². The molecule has 1 unspecified atom stereocenters. The van der Waals surface area contributed by atoms with E-state index < -0.39 is 0 Å². The summed E-state index contributed by atoms with van der Waals surface area (Å²) in [4.78, 5) is 4.01. The van der Waals surface area contributed by atoms with Gasteiger partial charge in [-0.1, -0.05) is 13.8 Å². The molecule has 0 radical (unpaired) electrons. The lowest BCUT2D eigenvalue weighted by atomic mass is 9.87. The fourth-order valence-corrected chi connectivity index (χ4v) is 1.56. The van der Waals surface area contributed by atoms with Gasteiger partial charge >= 0.3 is 0 Å². The van der Waals surface area contributed by atoms with Gasteiger partial charge in [0.2, 0.25) is 0 Å². The van der Waals surface area contributed by atoms with Crippen molar-refractivity contribution < 1.29 is 0 Å². The highest BCUT2D eigenvalue weighted by Crippen LogP contribution is 2.24. The molecule has 2 heterocycles. The smallest absolute Gasteiger partial charge is 0.179 e. The Hall–Kier alpha value is -1.49. The maximum atomic E-state index is 5.80. The summed E-state index contributed by atoms with van der Waals surface area (Å²) in [5, 5.41) is 8.28. The lowest BCUT2D eigenvalue weighted by molar-refractivity contribution is 0.434. The van der Waals surface area contributed by atoms with Crippen molar-refractivity contribution in [3.8, 4) is 0 Å². The van der Waals surface area contributed by atoms with E-state index in [9.17, 15) is 0 Å². The summed E-state index contributed by atoms with van der Waals surface area (Å²) in [6.45, 7) is 4.77. The molecule has 0 aliphatic heterocycles. The second kappa shape index (κ2) is 3.58. The summed E-state index contributed by atoms with van der Waals surface area (Å²) in [6.07, 6.45) is 6.23. The number of aromatic nitrogens is 4. The number of rotatable bonds is 3. The molecule has 0 aromatic carbocycles. The Morgan fingerprint density at radius 3 is 2.93 bits per heavy atom. The SMILES string of the molecule is CCC(C)(CN)c1nnc2cnccn12. The predicted octanol–water partition coefficient (Wildman–Crippen LogP) is 0.751. The van der Waals surface area contributed by atoms with Crippen LogP contribution in [0.25, 0.3) is 5.65 Å². The van der Waals surface area contributed by atoms with E-state index in [1.54, 1.807) is 12.4 Å². The van der Waals surface area contributed by atoms with Gasteiger partial charge in [-0.2, -0.15) is 0 Å². The van der Waals surface area contributed by atoms with E-state index in [4.69, 9.17) is 5.73 Å². The standard InChI is InChI=1S/C10H15N5/c1-3-10(2,7-11)9-14-13-8-6-12-4-5-15(8)9/h4-6H,3,7,11H2,1-2H3. The summed E-state index contributed by atoms with van der Waals surface area (Å²) >= 11 is 0. The van der Waals surface area contributed by atoms with Crippen molar-refractivity contribution in [3.05, 3.63) is 24.4 Å². The first-order valence-corrected chi connectivity index (χ1v) is 5.06. The third-order valence-electron chi connectivity index (χ3n) is 2.98. The first-order valence-electron chi connectivity index (χ1n) is 5.06. The average Bonchev–Trinajstić information content (AvgIpc) is 2.72. The van der Waals surface area contributed by atoms with Crippen molar-refractivity contribution in [2.24, 2.45) is 5.73 Å². The predicted molar refractivity (Wildman–Crippen MR) is 57.5 cm³/mol. The van der Waals surface area contributed by atoms with Gasteiger partial charge in [0.1, 0.15) is 5.82 Å². The minimum Gasteiger partial charge on any atom is -0.329 e. The van der Waals surface area contributed by atoms with Gasteiger partial charge in [0.05, 0.1) is 6.20 Å². The van der Waals surface area contributed by atoms with Crippen LogP contribution in [0.4, 0.5) is 0 Å². The van der Waals surface area contributed by atoms with Crippen LogP contribution in [0.5, 0.6) is 0 Å². The fourth-order valence-electron chi connectivity index (χ4n) is 1.56. The minimum atomic E-state index is -0.124. The molecule has 15 heavy (non-hydrogen) atoms. The molecule has 2 N–H and O–H groups in total. The van der Waals surface area contributed by atoms with Crippen molar-refractivity contribution in [2.45, 2.75) is 25.7 Å². The Morgan fingerprint density at radius 2 is 2.27 bits per heavy atom. The first kappa shape index (κ1) is 10.0. The largest absolute Gasteiger partial charge is 0.329 e. The van der Waals surface area contributed by atoms with Gasteiger partial charge in [-0.3, -0.25) is 9.38 Å². The minimum absolute atomic E-state index is 0.124. The molecule has 0 aliphatic rings. The Kier molecular flexibility index (Phi) is 2.40. The van der Waals surface area contributed by atoms with E-state index in [1.165, 1.54) is 0 Å². The number of fused-ring (bicyclic) bond motifs is 1. The van der Waals surface area contributed by atoms with Crippen LogP contribution in [0.3, 0.4) is 0 Å². The molecule has 2 aromatic heterocycles. The maximum absolute atomic E-state index is 5.80. The van der Waals surface area contributed by atoms with E-state index in [0.717, 1.165) is 17.9 Å². The fraction of sp³-hybridized carbons (Fsp3) is 0.500. The summed E-state index contributed by atoms with van der Waals surface area (Å²) in [5.41, 5.74) is 6.44. The number of nitrogens with zero attached hydrogens (tertiary/aromatic N) is 4. The van der Waals surface area contributed by atoms with E-state index in [-0.39, 0.29) is 5.41 Å². The number of hydrogen-bond donors (Lipinski definition) is 1. The van der Waals surface area contributed by atoms with Crippen molar-refractivity contribution in [1.82, 2.24) is 19.6 Å². The summed E-state index contributed by atoms with van der Waals surface area (Å²) < 4.78 is 1.95. The van der Waals surface area contributed by atoms with Gasteiger partial charge in [0.25, 0.3) is 0 Å². The van der Waals surface area contributed by atoms with E-state index >= 15 is 0 Å². The first-order chi connectivity index (χ1) is 7.21. The zero-order chi connectivity index (χ0) is 10.9. The molecular formula is C10H15N5. The zero-order valence-corrected chi connectivity index (χ0v) is 9.01. The van der Waals surface area contributed by atoms with Crippen LogP contribution >= 0.6 is 0 Å². The highest BCUT2D eigenvalue weighted by molar-refractivity contribution is 5.35. The van der Waals surface area contributed by atoms with Crippen LogP contribution in [0.2, 0.25) is 0 Å². The normalized spacial score (nSPS) is 15.4. The van der Waals surface area contributed by atoms with E-state index in [1.807, 2.05) is 10.6 Å². The van der Waals surface area contributed by atoms with Crippen molar-refractivity contribution in [2.75, 3.05) is 6.54 Å². The third kappa shape index (κ3) is 1.48. The van der Waals surface area contributed by atoms with Crippen LogP contribution < -0.4 is 5.73 Å². The number of nitrogens with two attached hydrogens (primary N) is 1. The summed E-state index contributed by atoms with van der Waals surface area (Å²) in [6, 6.07) is 0. The van der Waals surface area contributed by atoms with Crippen LogP contribution in [0, 0.1) is 0 Å². The Labute approximate surface area is 88.3 Å². The molecule has 5 nitrogen and oxygen atoms in total. The molecule has 0 fully saturated rings. The van der Waals surface area contributed by atoms with E-state index in [0.29, 0.717) is 6.54 Å². The Morgan fingerprint density at radius 1 is 1.47 bits per heavy atom. The average molecular weight is 205 g/mol. The molecule has 2 rings (SSSR count). The zero-order valence-electron chi connectivity index (χ0n) is 9.01. The van der Waals surface area contributed by atoms with Gasteiger partial charge in [-0.05, 0) is 6.42 Å². The molecule has 5 heteroatoms. The van der Waals surface area contributed by atoms with Gasteiger partial charge in [0.15, 0.2) is 5.65 Å². The molecule has 0 amide bonds. The molecule has 0 spiro atoms. The quantitative estimate of drug-likeness (QED) is 0.802. The van der Waals surface area contributed by atoms with Crippen LogP contribution in [-0.2, 0) is 5.41 Å². The monoisotopic (exact) mass is 205 g/mol. The van der Waals surface area contributed by atoms with E-state index in [2.05, 4.69) is 29.0 Å². The van der Waals surface area contributed by atoms with Crippen molar-refractivity contribution >= 4 is 5.65 Å². The Balaban J connectivity index is 2.61. The van der Waals surface area contributed by atoms with Gasteiger partial charge in [0, 0.05) is 24.4 Å². The maximum Gasteiger partial charge on any atom is 0.179 e. The topological polar surface area (TPSA) is 69.1 Å². The van der Waals surface area contributed by atoms with Gasteiger partial charge < -0.3 is 5.73 Å². The van der Waals surface area contributed by atoms with Gasteiger partial charge in [-0.15, -0.1) is 10.2 Å². The van der Waals surface area contributed by atoms with Crippen LogP contribution in [-0.4, -0.2) is 26.1 Å². The molecule has 80 valence electrons. The van der Waals surface area contributed by atoms with Crippen LogP contribution in [0.1, 0.15) is 26.1 Å². The molecule has 0 saturated carbocycles. The second-order valence-corrected chi connectivity index (χ2v) is 3.95. The highest BCUT2D eigenvalue weighted by Gasteiger charge is 2.28. The van der Waals surface area contributed by atoms with Crippen molar-refractivity contribution in [1.29, 1.82) is 0 Å². The summed E-state index contributed by atoms with van der Waals surface area (Å²) in [7, 11) is 0. The molecular weight excluding hydrogens is 190 g/mol. The molecule has 0 bridgehead atoms.